The van der Waals surface area contributed by atoms with Gasteiger partial charge in [0, 0.05) is 103 Å². The van der Waals surface area contributed by atoms with Crippen molar-refractivity contribution in [2.45, 2.75) is 59.5 Å². The van der Waals surface area contributed by atoms with Gasteiger partial charge in [-0.1, -0.05) is 59.6 Å². The Kier molecular flexibility index (Phi) is 16.6. The Morgan fingerprint density at radius 3 is 1.52 bits per heavy atom. The zero-order chi connectivity index (χ0) is 46.5. The normalized spacial score (nSPS) is 11.4. The minimum Gasteiger partial charge on any atom is -0.488 e. The molecule has 336 valence electrons. The molecule has 0 saturated heterocycles. The summed E-state index contributed by atoms with van der Waals surface area (Å²) < 4.78 is 24.9. The van der Waals surface area contributed by atoms with E-state index in [1.54, 1.807) is 75.6 Å². The van der Waals surface area contributed by atoms with E-state index in [1.807, 2.05) is 62.4 Å². The summed E-state index contributed by atoms with van der Waals surface area (Å²) in [6.07, 6.45) is 10.1. The molecule has 0 bridgehead atoms. The number of nitrogens with zero attached hydrogens (tertiary/aromatic N) is 4. The van der Waals surface area contributed by atoms with Crippen molar-refractivity contribution in [3.63, 3.8) is 0 Å². The fourth-order valence-corrected chi connectivity index (χ4v) is 7.39. The highest BCUT2D eigenvalue weighted by molar-refractivity contribution is 6.32. The number of carbonyl (C=O) groups is 2. The SMILES string of the molecule is C/N=C/c1cncc(COc2cc(OCc3cccc(-c4cccc(COc5cc(OCc6cncc(/C=N/C)c6)c(CNC(C(=O)O)C(=O)O)cc5Cl)c4C)c3C)c(Cl)cc2CO)c1. The maximum absolute atomic E-state index is 11.6. The molecule has 0 aliphatic heterocycles. The molecule has 2 aromatic heterocycles. The zero-order valence-electron chi connectivity index (χ0n) is 36.0. The van der Waals surface area contributed by atoms with Crippen molar-refractivity contribution >= 4 is 47.6 Å². The second kappa shape index (κ2) is 22.7. The molecule has 65 heavy (non-hydrogen) atoms. The van der Waals surface area contributed by atoms with E-state index in [2.05, 4.69) is 25.3 Å². The van der Waals surface area contributed by atoms with Crippen molar-refractivity contribution in [2.24, 2.45) is 9.98 Å². The van der Waals surface area contributed by atoms with Crippen molar-refractivity contribution in [1.82, 2.24) is 15.3 Å². The molecular weight excluding hydrogens is 873 g/mol. The van der Waals surface area contributed by atoms with E-state index in [4.69, 9.17) is 42.1 Å². The molecule has 0 unspecified atom stereocenters. The summed E-state index contributed by atoms with van der Waals surface area (Å²) >= 11 is 13.4. The fraction of sp³-hybridized carbons (Fsp3) is 0.224. The Bertz CT molecular complexity index is 2710. The van der Waals surface area contributed by atoms with Gasteiger partial charge in [0.15, 0.2) is 0 Å². The van der Waals surface area contributed by atoms with Crippen molar-refractivity contribution in [1.29, 1.82) is 0 Å². The Balaban J connectivity index is 1.19. The van der Waals surface area contributed by atoms with E-state index in [1.165, 1.54) is 0 Å². The Labute approximate surface area is 386 Å². The zero-order valence-corrected chi connectivity index (χ0v) is 37.6. The van der Waals surface area contributed by atoms with E-state index in [0.29, 0.717) is 39.1 Å². The molecule has 0 aliphatic rings. The fourth-order valence-electron chi connectivity index (χ4n) is 6.90. The molecule has 0 radical (unpaired) electrons. The third-order valence-electron chi connectivity index (χ3n) is 10.3. The first-order valence-electron chi connectivity index (χ1n) is 20.2. The van der Waals surface area contributed by atoms with Crippen LogP contribution in [-0.2, 0) is 49.2 Å². The highest BCUT2D eigenvalue weighted by Crippen LogP contribution is 2.37. The number of aliphatic hydroxyl groups is 1. The van der Waals surface area contributed by atoms with Crippen molar-refractivity contribution in [2.75, 3.05) is 14.1 Å². The van der Waals surface area contributed by atoms with Gasteiger partial charge in [0.2, 0.25) is 6.04 Å². The number of halogens is 2. The lowest BCUT2D eigenvalue weighted by molar-refractivity contribution is -0.151. The van der Waals surface area contributed by atoms with Crippen LogP contribution in [0.4, 0.5) is 0 Å². The van der Waals surface area contributed by atoms with Crippen LogP contribution < -0.4 is 24.3 Å². The molecule has 0 atom stereocenters. The lowest BCUT2D eigenvalue weighted by Gasteiger charge is -2.19. The van der Waals surface area contributed by atoms with Gasteiger partial charge < -0.3 is 34.3 Å². The number of carboxylic acid groups (broad SMARTS) is 2. The van der Waals surface area contributed by atoms with Crippen LogP contribution in [0.5, 0.6) is 23.0 Å². The first-order chi connectivity index (χ1) is 31.4. The average Bonchev–Trinajstić information content (AvgIpc) is 3.28. The number of aliphatic hydroxyl groups excluding tert-OH is 1. The van der Waals surface area contributed by atoms with Crippen LogP contribution in [0.2, 0.25) is 10.0 Å². The maximum Gasteiger partial charge on any atom is 0.332 e. The van der Waals surface area contributed by atoms with Gasteiger partial charge in [0.05, 0.1) is 16.7 Å². The number of rotatable bonds is 21. The summed E-state index contributed by atoms with van der Waals surface area (Å²) in [4.78, 5) is 39.8. The summed E-state index contributed by atoms with van der Waals surface area (Å²) in [5.74, 6) is -1.63. The molecule has 14 nitrogen and oxygen atoms in total. The highest BCUT2D eigenvalue weighted by atomic mass is 35.5. The van der Waals surface area contributed by atoms with Crippen LogP contribution >= 0.6 is 23.2 Å². The molecule has 0 spiro atoms. The molecule has 6 rings (SSSR count). The molecule has 6 aromatic rings. The largest absolute Gasteiger partial charge is 0.488 e. The third kappa shape index (κ3) is 12.5. The molecule has 0 amide bonds. The van der Waals surface area contributed by atoms with Crippen LogP contribution in [-0.4, -0.2) is 69.8 Å². The molecule has 0 aliphatic carbocycles. The predicted molar refractivity (Wildman–Crippen MR) is 249 cm³/mol. The Hall–Kier alpha value is -6.84. The monoisotopic (exact) mass is 919 g/mol. The van der Waals surface area contributed by atoms with Crippen LogP contribution in [0.25, 0.3) is 11.1 Å². The lowest BCUT2D eigenvalue weighted by atomic mass is 9.92. The topological polar surface area (TPSA) is 194 Å². The van der Waals surface area contributed by atoms with Crippen molar-refractivity contribution < 1.29 is 43.9 Å². The molecule has 2 heterocycles. The van der Waals surface area contributed by atoms with Gasteiger partial charge >= 0.3 is 11.9 Å². The number of pyridine rings is 2. The van der Waals surface area contributed by atoms with E-state index in [9.17, 15) is 24.9 Å². The van der Waals surface area contributed by atoms with Crippen molar-refractivity contribution in [3.8, 4) is 34.1 Å². The molecule has 4 aromatic carbocycles. The minimum atomic E-state index is -1.85. The number of carboxylic acids is 2. The van der Waals surface area contributed by atoms with Gasteiger partial charge in [0.25, 0.3) is 0 Å². The molecule has 0 saturated carbocycles. The van der Waals surface area contributed by atoms with Gasteiger partial charge in [-0.15, -0.1) is 0 Å². The minimum absolute atomic E-state index is 0.0836. The molecule has 16 heteroatoms. The van der Waals surface area contributed by atoms with E-state index < -0.39 is 18.0 Å². The van der Waals surface area contributed by atoms with Crippen LogP contribution in [0.1, 0.15) is 55.6 Å². The number of ether oxygens (including phenoxy) is 4. The quantitative estimate of drug-likeness (QED) is 0.0397. The number of benzene rings is 4. The summed E-state index contributed by atoms with van der Waals surface area (Å²) in [7, 11) is 3.35. The number of hydrogen-bond donors (Lipinski definition) is 4. The lowest BCUT2D eigenvalue weighted by Crippen LogP contribution is -2.42. The van der Waals surface area contributed by atoms with Gasteiger partial charge in [-0.05, 0) is 71.5 Å². The molecule has 0 fully saturated rings. The van der Waals surface area contributed by atoms with Gasteiger partial charge in [-0.3, -0.25) is 25.3 Å². The van der Waals surface area contributed by atoms with E-state index in [-0.39, 0.29) is 44.6 Å². The number of hydrogen-bond acceptors (Lipinski definition) is 12. The summed E-state index contributed by atoms with van der Waals surface area (Å²) in [6, 6.07) is 20.4. The van der Waals surface area contributed by atoms with Crippen LogP contribution in [0.15, 0.2) is 108 Å². The predicted octanol–water partition coefficient (Wildman–Crippen LogP) is 8.60. The highest BCUT2D eigenvalue weighted by Gasteiger charge is 2.26. The summed E-state index contributed by atoms with van der Waals surface area (Å²) in [5, 5.41) is 32.0. The average molecular weight is 921 g/mol. The van der Waals surface area contributed by atoms with Crippen LogP contribution in [0.3, 0.4) is 0 Å². The number of aromatic nitrogens is 2. The number of nitrogens with one attached hydrogen (secondary N) is 1. The number of aliphatic carboxylic acids is 2. The third-order valence-corrected chi connectivity index (χ3v) is 10.9. The first-order valence-corrected chi connectivity index (χ1v) is 21.0. The summed E-state index contributed by atoms with van der Waals surface area (Å²) in [5.41, 5.74) is 9.91. The standard InChI is InChI=1S/C49H47Cl2N5O9/c1-29-35(27-64-45-15-43(62-25-33-11-31(17-52-3)19-54-21-33)37(13-41(45)50)23-56-47(48(58)59)49(60)61)7-5-9-39(29)40-10-6-8-36(30(40)2)28-65-46-16-44(38(24-57)14-42(46)51)63-26-34-12-32(18-53-4)20-55-22-34/h5-22,47,56-57H,23-28H2,1-4H3,(H,58,59)(H,60,61)/b52-17+,53-18+. The van der Waals surface area contributed by atoms with Crippen LogP contribution in [0, 0.1) is 13.8 Å². The summed E-state index contributed by atoms with van der Waals surface area (Å²) in [6.45, 7) is 4.24. The Morgan fingerprint density at radius 1 is 0.631 bits per heavy atom. The first kappa shape index (κ1) is 47.6. The van der Waals surface area contributed by atoms with E-state index in [0.717, 1.165) is 55.6 Å². The van der Waals surface area contributed by atoms with Crippen molar-refractivity contribution in [3.05, 3.63) is 163 Å². The number of aliphatic imine (C=N–C) groups is 2. The van der Waals surface area contributed by atoms with Gasteiger partial charge in [-0.2, -0.15) is 0 Å². The molecular formula is C49H47Cl2N5O9. The Morgan fingerprint density at radius 2 is 1.08 bits per heavy atom. The second-order valence-electron chi connectivity index (χ2n) is 14.8. The van der Waals surface area contributed by atoms with Gasteiger partial charge in [0.1, 0.15) is 49.4 Å². The van der Waals surface area contributed by atoms with Gasteiger partial charge in [-0.25, -0.2) is 9.59 Å². The van der Waals surface area contributed by atoms with E-state index >= 15 is 0 Å². The maximum atomic E-state index is 11.6. The smallest absolute Gasteiger partial charge is 0.332 e. The second-order valence-corrected chi connectivity index (χ2v) is 15.6. The molecule has 4 N–H and O–H groups in total.